The summed E-state index contributed by atoms with van der Waals surface area (Å²) in [6, 6.07) is 15.6. The number of hydrogen-bond donors (Lipinski definition) is 2. The molecule has 27 heavy (non-hydrogen) atoms. The van der Waals surface area contributed by atoms with E-state index in [-0.39, 0.29) is 12.1 Å². The minimum atomic E-state index is -0.187. The summed E-state index contributed by atoms with van der Waals surface area (Å²) in [7, 11) is 7.19. The lowest BCUT2D eigenvalue weighted by Crippen LogP contribution is -2.47. The number of methoxy groups -OCH3 is 2. The summed E-state index contributed by atoms with van der Waals surface area (Å²) in [5.74, 6) is 1.31. The second-order valence-corrected chi connectivity index (χ2v) is 6.67. The predicted molar refractivity (Wildman–Crippen MR) is 107 cm³/mol. The van der Waals surface area contributed by atoms with E-state index in [1.54, 1.807) is 14.2 Å². The normalized spacial score (nSPS) is 11.7. The summed E-state index contributed by atoms with van der Waals surface area (Å²) in [6.07, 6.45) is 0.781. The lowest BCUT2D eigenvalue weighted by atomic mass is 10.1. The van der Waals surface area contributed by atoms with Crippen LogP contribution in [0.5, 0.6) is 11.5 Å². The number of likely N-dealkylation sites (N-methyl/N-ethyl adjacent to an activating group) is 1. The molecule has 0 saturated carbocycles. The standard InChI is InChI=1S/C21H29N3O3/c1-24(2)15-18(12-16-8-6-5-7-9-16)23-21(25)22-14-17-10-11-19(26-3)20(13-17)27-4/h5-11,13,18H,12,14-15H2,1-4H3,(H2,22,23,25). The van der Waals surface area contributed by atoms with Crippen molar-refractivity contribution in [3.63, 3.8) is 0 Å². The second-order valence-electron chi connectivity index (χ2n) is 6.67. The molecule has 0 spiro atoms. The molecule has 6 heteroatoms. The summed E-state index contributed by atoms with van der Waals surface area (Å²) in [4.78, 5) is 14.5. The van der Waals surface area contributed by atoms with Crippen molar-refractivity contribution in [3.05, 3.63) is 59.7 Å². The number of nitrogens with zero attached hydrogens (tertiary/aromatic N) is 1. The van der Waals surface area contributed by atoms with E-state index >= 15 is 0 Å². The fourth-order valence-electron chi connectivity index (χ4n) is 2.91. The predicted octanol–water partition coefficient (Wildman–Crippen LogP) is 2.68. The fourth-order valence-corrected chi connectivity index (χ4v) is 2.91. The zero-order valence-corrected chi connectivity index (χ0v) is 16.5. The molecule has 0 aliphatic rings. The van der Waals surface area contributed by atoms with Gasteiger partial charge in [0.2, 0.25) is 0 Å². The first-order chi connectivity index (χ1) is 13.0. The van der Waals surface area contributed by atoms with Crippen LogP contribution in [0.3, 0.4) is 0 Å². The highest BCUT2D eigenvalue weighted by molar-refractivity contribution is 5.74. The lowest BCUT2D eigenvalue weighted by Gasteiger charge is -2.23. The summed E-state index contributed by atoms with van der Waals surface area (Å²) >= 11 is 0. The molecule has 2 rings (SSSR count). The molecular weight excluding hydrogens is 342 g/mol. The molecule has 0 aliphatic heterocycles. The maximum absolute atomic E-state index is 12.4. The van der Waals surface area contributed by atoms with Gasteiger partial charge in [0.05, 0.1) is 14.2 Å². The number of benzene rings is 2. The average molecular weight is 371 g/mol. The first-order valence-electron chi connectivity index (χ1n) is 8.95. The van der Waals surface area contributed by atoms with Crippen LogP contribution in [0.2, 0.25) is 0 Å². The van der Waals surface area contributed by atoms with Gasteiger partial charge >= 0.3 is 6.03 Å². The molecule has 1 unspecified atom stereocenters. The Balaban J connectivity index is 1.93. The van der Waals surface area contributed by atoms with E-state index in [0.29, 0.717) is 18.0 Å². The van der Waals surface area contributed by atoms with E-state index in [2.05, 4.69) is 27.7 Å². The number of carbonyl (C=O) groups is 1. The monoisotopic (exact) mass is 371 g/mol. The van der Waals surface area contributed by atoms with Crippen molar-refractivity contribution in [2.45, 2.75) is 19.0 Å². The number of urea groups is 1. The Bertz CT molecular complexity index is 720. The van der Waals surface area contributed by atoms with Crippen LogP contribution in [-0.2, 0) is 13.0 Å². The largest absolute Gasteiger partial charge is 0.493 e. The Hall–Kier alpha value is -2.73. The quantitative estimate of drug-likeness (QED) is 0.711. The van der Waals surface area contributed by atoms with E-state index in [9.17, 15) is 4.79 Å². The molecule has 0 saturated heterocycles. The molecule has 0 heterocycles. The van der Waals surface area contributed by atoms with Crippen LogP contribution in [0.15, 0.2) is 48.5 Å². The van der Waals surface area contributed by atoms with Gasteiger partial charge in [0.25, 0.3) is 0 Å². The third kappa shape index (κ3) is 6.83. The molecular formula is C21H29N3O3. The molecule has 1 atom stereocenters. The van der Waals surface area contributed by atoms with Gasteiger partial charge in [-0.1, -0.05) is 36.4 Å². The fraction of sp³-hybridized carbons (Fsp3) is 0.381. The Morgan fingerprint density at radius 1 is 1.00 bits per heavy atom. The zero-order chi connectivity index (χ0) is 19.6. The number of amides is 2. The zero-order valence-electron chi connectivity index (χ0n) is 16.5. The number of hydrogen-bond acceptors (Lipinski definition) is 4. The SMILES string of the molecule is COc1ccc(CNC(=O)NC(Cc2ccccc2)CN(C)C)cc1OC. The Morgan fingerprint density at radius 2 is 1.70 bits per heavy atom. The summed E-state index contributed by atoms with van der Waals surface area (Å²) < 4.78 is 10.5. The van der Waals surface area contributed by atoms with Crippen molar-refractivity contribution in [2.75, 3.05) is 34.9 Å². The average Bonchev–Trinajstić information content (AvgIpc) is 2.66. The van der Waals surface area contributed by atoms with Crippen LogP contribution < -0.4 is 20.1 Å². The number of rotatable bonds is 9. The maximum Gasteiger partial charge on any atom is 0.315 e. The highest BCUT2D eigenvalue weighted by atomic mass is 16.5. The highest BCUT2D eigenvalue weighted by Crippen LogP contribution is 2.27. The number of nitrogens with one attached hydrogen (secondary N) is 2. The van der Waals surface area contributed by atoms with Crippen molar-refractivity contribution in [2.24, 2.45) is 0 Å². The van der Waals surface area contributed by atoms with Crippen LogP contribution in [0.1, 0.15) is 11.1 Å². The summed E-state index contributed by atoms with van der Waals surface area (Å²) in [5.41, 5.74) is 2.14. The lowest BCUT2D eigenvalue weighted by molar-refractivity contribution is 0.232. The first kappa shape index (κ1) is 20.6. The second kappa shape index (κ2) is 10.4. The summed E-state index contributed by atoms with van der Waals surface area (Å²) in [6.45, 7) is 1.17. The molecule has 0 bridgehead atoms. The van der Waals surface area contributed by atoms with E-state index in [1.807, 2.05) is 50.5 Å². The van der Waals surface area contributed by atoms with Crippen LogP contribution in [0.25, 0.3) is 0 Å². The molecule has 2 aromatic rings. The van der Waals surface area contributed by atoms with Gasteiger partial charge in [-0.05, 0) is 43.8 Å². The van der Waals surface area contributed by atoms with E-state index in [4.69, 9.17) is 9.47 Å². The minimum absolute atomic E-state index is 0.0211. The maximum atomic E-state index is 12.4. The van der Waals surface area contributed by atoms with Gasteiger partial charge in [0.15, 0.2) is 11.5 Å². The molecule has 2 amide bonds. The van der Waals surface area contributed by atoms with E-state index in [1.165, 1.54) is 5.56 Å². The van der Waals surface area contributed by atoms with E-state index < -0.39 is 0 Å². The van der Waals surface area contributed by atoms with Crippen molar-refractivity contribution in [1.82, 2.24) is 15.5 Å². The van der Waals surface area contributed by atoms with Crippen LogP contribution in [0.4, 0.5) is 4.79 Å². The number of carbonyl (C=O) groups excluding carboxylic acids is 1. The molecule has 0 fully saturated rings. The topological polar surface area (TPSA) is 62.8 Å². The van der Waals surface area contributed by atoms with Crippen LogP contribution in [0, 0.1) is 0 Å². The van der Waals surface area contributed by atoms with Gasteiger partial charge in [-0.2, -0.15) is 0 Å². The molecule has 0 aliphatic carbocycles. The number of ether oxygens (including phenoxy) is 2. The molecule has 0 aromatic heterocycles. The van der Waals surface area contributed by atoms with Crippen molar-refractivity contribution >= 4 is 6.03 Å². The van der Waals surface area contributed by atoms with Gasteiger partial charge < -0.3 is 25.0 Å². The molecule has 2 aromatic carbocycles. The Morgan fingerprint density at radius 3 is 2.33 bits per heavy atom. The first-order valence-corrected chi connectivity index (χ1v) is 8.95. The van der Waals surface area contributed by atoms with Crippen molar-refractivity contribution in [3.8, 4) is 11.5 Å². The van der Waals surface area contributed by atoms with E-state index in [0.717, 1.165) is 18.5 Å². The van der Waals surface area contributed by atoms with Crippen LogP contribution in [-0.4, -0.2) is 51.8 Å². The summed E-state index contributed by atoms with van der Waals surface area (Å²) in [5, 5.41) is 5.98. The third-order valence-corrected chi connectivity index (χ3v) is 4.15. The third-order valence-electron chi connectivity index (χ3n) is 4.15. The highest BCUT2D eigenvalue weighted by Gasteiger charge is 2.14. The van der Waals surface area contributed by atoms with Crippen molar-refractivity contribution < 1.29 is 14.3 Å². The molecule has 6 nitrogen and oxygen atoms in total. The molecule has 2 N–H and O–H groups in total. The smallest absolute Gasteiger partial charge is 0.315 e. The Kier molecular flexibility index (Phi) is 7.95. The molecule has 146 valence electrons. The minimum Gasteiger partial charge on any atom is -0.493 e. The van der Waals surface area contributed by atoms with Gasteiger partial charge in [0, 0.05) is 19.1 Å². The van der Waals surface area contributed by atoms with Gasteiger partial charge in [-0.3, -0.25) is 0 Å². The van der Waals surface area contributed by atoms with Crippen LogP contribution >= 0.6 is 0 Å². The van der Waals surface area contributed by atoms with Gasteiger partial charge in [-0.25, -0.2) is 4.79 Å². The van der Waals surface area contributed by atoms with Gasteiger partial charge in [0.1, 0.15) is 0 Å². The molecule has 0 radical (unpaired) electrons. The van der Waals surface area contributed by atoms with Crippen molar-refractivity contribution in [1.29, 1.82) is 0 Å². The van der Waals surface area contributed by atoms with Gasteiger partial charge in [-0.15, -0.1) is 0 Å². The Labute approximate surface area is 161 Å².